The Hall–Kier alpha value is -3.08. The molecule has 1 aliphatic rings. The maximum atomic E-state index is 12.4. The van der Waals surface area contributed by atoms with Crippen molar-refractivity contribution in [3.63, 3.8) is 0 Å². The molecule has 1 atom stereocenters. The third-order valence-electron chi connectivity index (χ3n) is 4.67. The molecule has 0 spiro atoms. The molecule has 1 heterocycles. The average molecular weight is 333 g/mol. The van der Waals surface area contributed by atoms with Crippen molar-refractivity contribution in [2.45, 2.75) is 25.3 Å². The lowest BCUT2D eigenvalue weighted by molar-refractivity contribution is 0.247. The minimum Gasteiger partial charge on any atom is -0.504 e. The standard InChI is InChI=1S/C20H19N3O2/c24-19-17(11-10-14-7-4-12-21-18(14)19)23-20(25)22-16-9-3-6-13-5-1-2-8-15(13)16/h1-2,4-5,7-8,10-12,16,24H,3,6,9H2,(H2,22,23,25). The summed E-state index contributed by atoms with van der Waals surface area (Å²) in [5, 5.41) is 16.9. The van der Waals surface area contributed by atoms with Gasteiger partial charge in [-0.2, -0.15) is 0 Å². The molecule has 0 aliphatic heterocycles. The minimum atomic E-state index is -0.327. The first-order chi connectivity index (χ1) is 12.2. The highest BCUT2D eigenvalue weighted by atomic mass is 16.3. The van der Waals surface area contributed by atoms with Crippen LogP contribution in [-0.2, 0) is 6.42 Å². The van der Waals surface area contributed by atoms with Crippen molar-refractivity contribution in [1.29, 1.82) is 0 Å². The van der Waals surface area contributed by atoms with Crippen molar-refractivity contribution in [1.82, 2.24) is 10.3 Å². The second-order valence-corrected chi connectivity index (χ2v) is 6.28. The first-order valence-electron chi connectivity index (χ1n) is 8.44. The number of carbonyl (C=O) groups excluding carboxylic acids is 1. The van der Waals surface area contributed by atoms with E-state index in [1.165, 1.54) is 11.1 Å². The third kappa shape index (κ3) is 3.01. The molecule has 126 valence electrons. The van der Waals surface area contributed by atoms with E-state index in [0.29, 0.717) is 11.2 Å². The normalized spacial score (nSPS) is 16.2. The number of carbonyl (C=O) groups is 1. The molecule has 2 aromatic carbocycles. The summed E-state index contributed by atoms with van der Waals surface area (Å²) in [7, 11) is 0. The summed E-state index contributed by atoms with van der Waals surface area (Å²) in [6.45, 7) is 0. The lowest BCUT2D eigenvalue weighted by Gasteiger charge is -2.26. The molecule has 1 aromatic heterocycles. The van der Waals surface area contributed by atoms with Crippen LogP contribution >= 0.6 is 0 Å². The molecule has 0 radical (unpaired) electrons. The van der Waals surface area contributed by atoms with Gasteiger partial charge in [0.25, 0.3) is 0 Å². The van der Waals surface area contributed by atoms with Gasteiger partial charge < -0.3 is 15.7 Å². The van der Waals surface area contributed by atoms with Gasteiger partial charge in [-0.15, -0.1) is 0 Å². The number of amides is 2. The predicted molar refractivity (Wildman–Crippen MR) is 97.7 cm³/mol. The first-order valence-corrected chi connectivity index (χ1v) is 8.44. The van der Waals surface area contributed by atoms with Crippen molar-refractivity contribution < 1.29 is 9.90 Å². The van der Waals surface area contributed by atoms with Crippen molar-refractivity contribution in [2.24, 2.45) is 0 Å². The number of nitrogens with one attached hydrogen (secondary N) is 2. The van der Waals surface area contributed by atoms with E-state index in [9.17, 15) is 9.90 Å². The molecule has 25 heavy (non-hydrogen) atoms. The Kier molecular flexibility index (Phi) is 3.98. The van der Waals surface area contributed by atoms with E-state index in [0.717, 1.165) is 24.6 Å². The van der Waals surface area contributed by atoms with Crippen LogP contribution in [0, 0.1) is 0 Å². The Morgan fingerprint density at radius 2 is 2.00 bits per heavy atom. The summed E-state index contributed by atoms with van der Waals surface area (Å²) in [5.74, 6) is -0.0164. The van der Waals surface area contributed by atoms with Gasteiger partial charge in [0, 0.05) is 11.6 Å². The van der Waals surface area contributed by atoms with Gasteiger partial charge in [0.05, 0.1) is 11.7 Å². The monoisotopic (exact) mass is 333 g/mol. The Bertz CT molecular complexity index is 939. The zero-order valence-corrected chi connectivity index (χ0v) is 13.7. The Labute approximate surface area is 145 Å². The Morgan fingerprint density at radius 1 is 1.12 bits per heavy atom. The molecule has 0 bridgehead atoms. The van der Waals surface area contributed by atoms with E-state index in [2.05, 4.69) is 27.8 Å². The molecular weight excluding hydrogens is 314 g/mol. The van der Waals surface area contributed by atoms with Crippen LogP contribution in [0.2, 0.25) is 0 Å². The molecule has 3 N–H and O–H groups in total. The molecule has 5 nitrogen and oxygen atoms in total. The van der Waals surface area contributed by atoms with Gasteiger partial charge in [-0.1, -0.05) is 36.4 Å². The minimum absolute atomic E-state index is 0.00863. The highest BCUT2D eigenvalue weighted by molar-refractivity contribution is 5.97. The van der Waals surface area contributed by atoms with E-state index in [1.807, 2.05) is 30.3 Å². The molecular formula is C20H19N3O2. The fraction of sp³-hybridized carbons (Fsp3) is 0.200. The number of aryl methyl sites for hydroxylation is 1. The topological polar surface area (TPSA) is 74.2 Å². The fourth-order valence-corrected chi connectivity index (χ4v) is 3.45. The number of aromatic hydroxyl groups is 1. The number of nitrogens with zero attached hydrogens (tertiary/aromatic N) is 1. The fourth-order valence-electron chi connectivity index (χ4n) is 3.45. The van der Waals surface area contributed by atoms with E-state index < -0.39 is 0 Å². The van der Waals surface area contributed by atoms with Gasteiger partial charge in [0.15, 0.2) is 5.75 Å². The molecule has 1 unspecified atom stereocenters. The number of hydrogen-bond donors (Lipinski definition) is 3. The zero-order chi connectivity index (χ0) is 17.2. The van der Waals surface area contributed by atoms with Crippen LogP contribution in [0.5, 0.6) is 5.75 Å². The average Bonchev–Trinajstić information content (AvgIpc) is 2.65. The summed E-state index contributed by atoms with van der Waals surface area (Å²) in [4.78, 5) is 16.6. The van der Waals surface area contributed by atoms with Crippen LogP contribution in [0.15, 0.2) is 54.7 Å². The summed E-state index contributed by atoms with van der Waals surface area (Å²) < 4.78 is 0. The number of pyridine rings is 1. The molecule has 2 amide bonds. The number of hydrogen-bond acceptors (Lipinski definition) is 3. The molecule has 0 saturated heterocycles. The smallest absolute Gasteiger partial charge is 0.319 e. The SMILES string of the molecule is O=C(Nc1ccc2cccnc2c1O)NC1CCCc2ccccc21. The lowest BCUT2D eigenvalue weighted by atomic mass is 9.88. The predicted octanol–water partition coefficient (Wildman–Crippen LogP) is 4.14. The maximum Gasteiger partial charge on any atom is 0.319 e. The summed E-state index contributed by atoms with van der Waals surface area (Å²) in [5.41, 5.74) is 3.29. The lowest BCUT2D eigenvalue weighted by Crippen LogP contribution is -2.34. The van der Waals surface area contributed by atoms with Gasteiger partial charge in [-0.25, -0.2) is 4.79 Å². The van der Waals surface area contributed by atoms with Crippen LogP contribution in [0.1, 0.15) is 30.0 Å². The number of urea groups is 1. The van der Waals surface area contributed by atoms with Crippen molar-refractivity contribution in [3.05, 3.63) is 65.9 Å². The van der Waals surface area contributed by atoms with E-state index in [1.54, 1.807) is 12.3 Å². The van der Waals surface area contributed by atoms with Crippen molar-refractivity contribution in [3.8, 4) is 5.75 Å². The van der Waals surface area contributed by atoms with Gasteiger partial charge in [-0.05, 0) is 42.5 Å². The quantitative estimate of drug-likeness (QED) is 0.617. The van der Waals surface area contributed by atoms with Gasteiger partial charge in [0.2, 0.25) is 0 Å². The second kappa shape index (κ2) is 6.43. The Morgan fingerprint density at radius 3 is 2.92 bits per heavy atom. The third-order valence-corrected chi connectivity index (χ3v) is 4.67. The number of phenolic OH excluding ortho intramolecular Hbond substituents is 1. The number of benzene rings is 2. The van der Waals surface area contributed by atoms with Crippen LogP contribution in [0.4, 0.5) is 10.5 Å². The number of aromatic nitrogens is 1. The highest BCUT2D eigenvalue weighted by Gasteiger charge is 2.21. The van der Waals surface area contributed by atoms with E-state index in [4.69, 9.17) is 0 Å². The van der Waals surface area contributed by atoms with Crippen molar-refractivity contribution in [2.75, 3.05) is 5.32 Å². The second-order valence-electron chi connectivity index (χ2n) is 6.28. The van der Waals surface area contributed by atoms with E-state index in [-0.39, 0.29) is 17.8 Å². The maximum absolute atomic E-state index is 12.4. The highest BCUT2D eigenvalue weighted by Crippen LogP contribution is 2.32. The first kappa shape index (κ1) is 15.4. The number of rotatable bonds is 2. The van der Waals surface area contributed by atoms with Gasteiger partial charge >= 0.3 is 6.03 Å². The Balaban J connectivity index is 1.53. The number of fused-ring (bicyclic) bond motifs is 2. The number of anilines is 1. The number of phenols is 1. The summed E-state index contributed by atoms with van der Waals surface area (Å²) >= 11 is 0. The van der Waals surface area contributed by atoms with Gasteiger partial charge in [0.1, 0.15) is 5.52 Å². The van der Waals surface area contributed by atoms with Crippen LogP contribution in [-0.4, -0.2) is 16.1 Å². The zero-order valence-electron chi connectivity index (χ0n) is 13.7. The molecule has 3 aromatic rings. The molecule has 0 fully saturated rings. The molecule has 5 heteroatoms. The molecule has 1 aliphatic carbocycles. The molecule has 0 saturated carbocycles. The summed E-state index contributed by atoms with van der Waals surface area (Å²) in [6.07, 6.45) is 4.63. The summed E-state index contributed by atoms with van der Waals surface area (Å²) in [6, 6.07) is 15.1. The van der Waals surface area contributed by atoms with Crippen LogP contribution < -0.4 is 10.6 Å². The molecule has 4 rings (SSSR count). The van der Waals surface area contributed by atoms with Crippen LogP contribution in [0.25, 0.3) is 10.9 Å². The van der Waals surface area contributed by atoms with Crippen LogP contribution in [0.3, 0.4) is 0 Å². The van der Waals surface area contributed by atoms with Crippen molar-refractivity contribution >= 4 is 22.6 Å². The van der Waals surface area contributed by atoms with E-state index >= 15 is 0 Å². The van der Waals surface area contributed by atoms with Gasteiger partial charge in [-0.3, -0.25) is 4.98 Å². The largest absolute Gasteiger partial charge is 0.504 e.